The van der Waals surface area contributed by atoms with E-state index in [1.54, 1.807) is 0 Å². The first kappa shape index (κ1) is 24.2. The van der Waals surface area contributed by atoms with E-state index < -0.39 is 6.04 Å². The van der Waals surface area contributed by atoms with Crippen LogP contribution in [-0.4, -0.2) is 59.8 Å². The van der Waals surface area contributed by atoms with E-state index >= 15 is 0 Å². The molecule has 36 heavy (non-hydrogen) atoms. The highest BCUT2D eigenvalue weighted by molar-refractivity contribution is 6.30. The van der Waals surface area contributed by atoms with Crippen molar-refractivity contribution < 1.29 is 9.53 Å². The standard InChI is InChI=1S/C28H28ClN5O2/c29-22-12-10-21(11-13-22)26-23-8-4-5-9-24(23)27(32-31-26)33-14-16-34(17-15-33)28(35)25(30)19-36-18-20-6-2-1-3-7-20/h1-13,25H,14-19,30H2. The molecule has 1 atom stereocenters. The van der Waals surface area contributed by atoms with Gasteiger partial charge in [0.25, 0.3) is 0 Å². The zero-order chi connectivity index (χ0) is 24.9. The first-order valence-corrected chi connectivity index (χ1v) is 12.4. The van der Waals surface area contributed by atoms with Crippen molar-refractivity contribution in [2.75, 3.05) is 37.7 Å². The van der Waals surface area contributed by atoms with Crippen LogP contribution in [-0.2, 0) is 16.1 Å². The minimum atomic E-state index is -0.681. The summed E-state index contributed by atoms with van der Waals surface area (Å²) in [4.78, 5) is 16.9. The Balaban J connectivity index is 1.23. The van der Waals surface area contributed by atoms with Gasteiger partial charge in [-0.05, 0) is 17.7 Å². The van der Waals surface area contributed by atoms with Crippen molar-refractivity contribution in [2.24, 2.45) is 5.73 Å². The van der Waals surface area contributed by atoms with Crippen LogP contribution in [0.25, 0.3) is 22.0 Å². The van der Waals surface area contributed by atoms with Gasteiger partial charge < -0.3 is 20.3 Å². The Morgan fingerprint density at radius 3 is 2.28 bits per heavy atom. The van der Waals surface area contributed by atoms with Gasteiger partial charge in [0.05, 0.1) is 13.2 Å². The molecule has 2 heterocycles. The van der Waals surface area contributed by atoms with Gasteiger partial charge in [0, 0.05) is 47.5 Å². The van der Waals surface area contributed by atoms with E-state index in [2.05, 4.69) is 27.2 Å². The molecule has 1 saturated heterocycles. The Kier molecular flexibility index (Phi) is 7.41. The van der Waals surface area contributed by atoms with Crippen LogP contribution in [0.5, 0.6) is 0 Å². The van der Waals surface area contributed by atoms with Gasteiger partial charge in [-0.15, -0.1) is 10.2 Å². The number of ether oxygens (including phenoxy) is 1. The van der Waals surface area contributed by atoms with Crippen LogP contribution in [0.4, 0.5) is 5.82 Å². The quantitative estimate of drug-likeness (QED) is 0.409. The molecule has 0 spiro atoms. The maximum absolute atomic E-state index is 12.9. The number of piperazine rings is 1. The lowest BCUT2D eigenvalue weighted by atomic mass is 10.0. The molecule has 8 heteroatoms. The molecule has 2 N–H and O–H groups in total. The van der Waals surface area contributed by atoms with E-state index in [0.29, 0.717) is 37.8 Å². The summed E-state index contributed by atoms with van der Waals surface area (Å²) in [6, 6.07) is 24.9. The molecule has 1 amide bonds. The fraction of sp³-hybridized carbons (Fsp3) is 0.250. The topological polar surface area (TPSA) is 84.6 Å². The lowest BCUT2D eigenvalue weighted by Gasteiger charge is -2.36. The monoisotopic (exact) mass is 501 g/mol. The molecule has 1 aliphatic rings. The number of carbonyl (C=O) groups is 1. The second-order valence-corrected chi connectivity index (χ2v) is 9.28. The third-order valence-electron chi connectivity index (χ3n) is 6.40. The van der Waals surface area contributed by atoms with Gasteiger partial charge in [0.1, 0.15) is 11.7 Å². The van der Waals surface area contributed by atoms with Crippen LogP contribution in [0.3, 0.4) is 0 Å². The van der Waals surface area contributed by atoms with E-state index in [1.807, 2.05) is 71.6 Å². The number of halogens is 1. The van der Waals surface area contributed by atoms with Gasteiger partial charge in [-0.1, -0.05) is 78.3 Å². The molecule has 0 bridgehead atoms. The molecule has 4 aromatic rings. The minimum Gasteiger partial charge on any atom is -0.375 e. The maximum Gasteiger partial charge on any atom is 0.241 e. The number of rotatable bonds is 7. The van der Waals surface area contributed by atoms with Gasteiger partial charge in [0.2, 0.25) is 5.91 Å². The second-order valence-electron chi connectivity index (χ2n) is 8.84. The lowest BCUT2D eigenvalue weighted by Crippen LogP contribution is -2.54. The Hall–Kier alpha value is -3.52. The Morgan fingerprint density at radius 2 is 1.56 bits per heavy atom. The molecular weight excluding hydrogens is 474 g/mol. The smallest absolute Gasteiger partial charge is 0.241 e. The van der Waals surface area contributed by atoms with E-state index in [1.165, 1.54) is 0 Å². The van der Waals surface area contributed by atoms with Crippen molar-refractivity contribution in [3.63, 3.8) is 0 Å². The Bertz CT molecular complexity index is 1330. The number of amides is 1. The largest absolute Gasteiger partial charge is 0.375 e. The summed E-state index contributed by atoms with van der Waals surface area (Å²) in [5.74, 6) is 0.739. The van der Waals surface area contributed by atoms with Crippen LogP contribution < -0.4 is 10.6 Å². The number of carbonyl (C=O) groups excluding carboxylic acids is 1. The molecule has 1 aromatic heterocycles. The number of anilines is 1. The lowest BCUT2D eigenvalue weighted by molar-refractivity contribution is -0.134. The molecule has 0 aliphatic carbocycles. The Morgan fingerprint density at radius 1 is 0.889 bits per heavy atom. The first-order valence-electron chi connectivity index (χ1n) is 12.0. The van der Waals surface area contributed by atoms with Crippen LogP contribution in [0.2, 0.25) is 5.02 Å². The van der Waals surface area contributed by atoms with Crippen molar-refractivity contribution in [3.8, 4) is 11.3 Å². The van der Waals surface area contributed by atoms with Crippen molar-refractivity contribution >= 4 is 34.1 Å². The SMILES string of the molecule is NC(COCc1ccccc1)C(=O)N1CCN(c2nnc(-c3ccc(Cl)cc3)c3ccccc23)CC1. The van der Waals surface area contributed by atoms with E-state index in [0.717, 1.165) is 33.4 Å². The highest BCUT2D eigenvalue weighted by Gasteiger charge is 2.27. The summed E-state index contributed by atoms with van der Waals surface area (Å²) in [5.41, 5.74) is 9.00. The molecule has 1 unspecified atom stereocenters. The molecule has 0 saturated carbocycles. The summed E-state index contributed by atoms with van der Waals surface area (Å²) in [6.45, 7) is 3.08. The number of hydrogen-bond donors (Lipinski definition) is 1. The molecule has 1 aliphatic heterocycles. The fourth-order valence-electron chi connectivity index (χ4n) is 4.47. The predicted molar refractivity (Wildman–Crippen MR) is 143 cm³/mol. The van der Waals surface area contributed by atoms with Gasteiger partial charge in [-0.3, -0.25) is 4.79 Å². The summed E-state index contributed by atoms with van der Waals surface area (Å²) in [6.07, 6.45) is 0. The third kappa shape index (κ3) is 5.33. The number of nitrogens with two attached hydrogens (primary N) is 1. The number of aromatic nitrogens is 2. The molecular formula is C28H28ClN5O2. The molecule has 0 radical (unpaired) electrons. The highest BCUT2D eigenvalue weighted by Crippen LogP contribution is 2.32. The summed E-state index contributed by atoms with van der Waals surface area (Å²) in [7, 11) is 0. The predicted octanol–water partition coefficient (Wildman–Crippen LogP) is 4.14. The van der Waals surface area contributed by atoms with Crippen LogP contribution in [0.15, 0.2) is 78.9 Å². The molecule has 5 rings (SSSR count). The zero-order valence-corrected chi connectivity index (χ0v) is 20.6. The normalized spacial score (nSPS) is 14.7. The summed E-state index contributed by atoms with van der Waals surface area (Å²) in [5, 5.41) is 11.9. The minimum absolute atomic E-state index is 0.0864. The zero-order valence-electron chi connectivity index (χ0n) is 19.9. The van der Waals surface area contributed by atoms with Crippen molar-refractivity contribution in [1.82, 2.24) is 15.1 Å². The molecule has 184 valence electrons. The summed E-state index contributed by atoms with van der Waals surface area (Å²) < 4.78 is 5.68. The van der Waals surface area contributed by atoms with E-state index in [4.69, 9.17) is 22.1 Å². The van der Waals surface area contributed by atoms with Crippen molar-refractivity contribution in [2.45, 2.75) is 12.6 Å². The van der Waals surface area contributed by atoms with E-state index in [-0.39, 0.29) is 12.5 Å². The molecule has 3 aromatic carbocycles. The first-order chi connectivity index (χ1) is 17.6. The van der Waals surface area contributed by atoms with Gasteiger partial charge in [-0.25, -0.2) is 0 Å². The van der Waals surface area contributed by atoms with Gasteiger partial charge in [-0.2, -0.15) is 0 Å². The van der Waals surface area contributed by atoms with E-state index in [9.17, 15) is 4.79 Å². The van der Waals surface area contributed by atoms with Crippen LogP contribution in [0.1, 0.15) is 5.56 Å². The maximum atomic E-state index is 12.9. The van der Waals surface area contributed by atoms with Crippen LogP contribution >= 0.6 is 11.6 Å². The number of nitrogens with zero attached hydrogens (tertiary/aromatic N) is 4. The van der Waals surface area contributed by atoms with Crippen molar-refractivity contribution in [1.29, 1.82) is 0 Å². The highest BCUT2D eigenvalue weighted by atomic mass is 35.5. The van der Waals surface area contributed by atoms with Gasteiger partial charge >= 0.3 is 0 Å². The fourth-order valence-corrected chi connectivity index (χ4v) is 4.59. The molecule has 1 fully saturated rings. The number of hydrogen-bond acceptors (Lipinski definition) is 6. The average molecular weight is 502 g/mol. The number of fused-ring (bicyclic) bond motifs is 1. The average Bonchev–Trinajstić information content (AvgIpc) is 2.93. The second kappa shape index (κ2) is 11.0. The Labute approximate surface area is 215 Å². The van der Waals surface area contributed by atoms with Crippen LogP contribution in [0, 0.1) is 0 Å². The number of benzene rings is 3. The third-order valence-corrected chi connectivity index (χ3v) is 6.65. The van der Waals surface area contributed by atoms with Crippen molar-refractivity contribution in [3.05, 3.63) is 89.4 Å². The summed E-state index contributed by atoms with van der Waals surface area (Å²) >= 11 is 6.06. The van der Waals surface area contributed by atoms with Gasteiger partial charge in [0.15, 0.2) is 5.82 Å². The molecule has 7 nitrogen and oxygen atoms in total.